The SMILES string of the molecule is CCOc1ccc(NC(=O)[C@H](C)OC(=O)c2cc3cc(F)ccc3s2)cc1. The smallest absolute Gasteiger partial charge is 0.349 e. The molecule has 1 amide bonds. The number of ether oxygens (including phenoxy) is 2. The maximum Gasteiger partial charge on any atom is 0.349 e. The van der Waals surface area contributed by atoms with Crippen molar-refractivity contribution in [1.82, 2.24) is 0 Å². The number of fused-ring (bicyclic) bond motifs is 1. The number of nitrogens with one attached hydrogen (secondary N) is 1. The molecule has 2 aromatic carbocycles. The van der Waals surface area contributed by atoms with Crippen LogP contribution in [-0.4, -0.2) is 24.6 Å². The largest absolute Gasteiger partial charge is 0.494 e. The second-order valence-electron chi connectivity index (χ2n) is 5.79. The van der Waals surface area contributed by atoms with E-state index in [1.54, 1.807) is 36.4 Å². The Morgan fingerprint density at radius 1 is 1.15 bits per heavy atom. The van der Waals surface area contributed by atoms with Gasteiger partial charge in [-0.1, -0.05) is 0 Å². The summed E-state index contributed by atoms with van der Waals surface area (Å²) in [5.41, 5.74) is 0.573. The molecule has 27 heavy (non-hydrogen) atoms. The van der Waals surface area contributed by atoms with E-state index >= 15 is 0 Å². The Balaban J connectivity index is 1.61. The molecule has 0 saturated carbocycles. The Kier molecular flexibility index (Phi) is 5.71. The Hall–Kier alpha value is -2.93. The molecule has 1 atom stereocenters. The molecule has 3 rings (SSSR count). The van der Waals surface area contributed by atoms with Crippen molar-refractivity contribution in [2.24, 2.45) is 0 Å². The van der Waals surface area contributed by atoms with Crippen LogP contribution in [0.15, 0.2) is 48.5 Å². The first-order valence-electron chi connectivity index (χ1n) is 8.40. The van der Waals surface area contributed by atoms with Crippen LogP contribution >= 0.6 is 11.3 Å². The lowest BCUT2D eigenvalue weighted by atomic mass is 10.2. The number of halogens is 1. The van der Waals surface area contributed by atoms with Gasteiger partial charge in [0, 0.05) is 10.4 Å². The van der Waals surface area contributed by atoms with E-state index in [2.05, 4.69) is 5.32 Å². The number of benzene rings is 2. The molecule has 0 unspecified atom stereocenters. The van der Waals surface area contributed by atoms with E-state index in [4.69, 9.17) is 9.47 Å². The molecule has 3 aromatic rings. The van der Waals surface area contributed by atoms with Gasteiger partial charge in [0.1, 0.15) is 16.4 Å². The van der Waals surface area contributed by atoms with Crippen molar-refractivity contribution in [3.8, 4) is 5.75 Å². The predicted octanol–water partition coefficient (Wildman–Crippen LogP) is 4.62. The Bertz CT molecular complexity index is 968. The fourth-order valence-corrected chi connectivity index (χ4v) is 3.36. The first-order chi connectivity index (χ1) is 13.0. The number of carbonyl (C=O) groups excluding carboxylic acids is 2. The van der Waals surface area contributed by atoms with Crippen molar-refractivity contribution in [1.29, 1.82) is 0 Å². The molecule has 0 aliphatic rings. The molecule has 0 aliphatic carbocycles. The standard InChI is InChI=1S/C20H18FNO4S/c1-3-25-16-7-5-15(6-8-16)22-19(23)12(2)26-20(24)18-11-13-10-14(21)4-9-17(13)27-18/h4-12H,3H2,1-2H3,(H,22,23)/t12-/m0/s1. The summed E-state index contributed by atoms with van der Waals surface area (Å²) in [7, 11) is 0. The molecule has 0 fully saturated rings. The number of hydrogen-bond donors (Lipinski definition) is 1. The third-order valence-corrected chi connectivity index (χ3v) is 4.86. The van der Waals surface area contributed by atoms with Gasteiger partial charge in [-0.25, -0.2) is 9.18 Å². The van der Waals surface area contributed by atoms with Crippen molar-refractivity contribution in [2.45, 2.75) is 20.0 Å². The van der Waals surface area contributed by atoms with Crippen molar-refractivity contribution < 1.29 is 23.5 Å². The van der Waals surface area contributed by atoms with E-state index in [-0.39, 0.29) is 5.82 Å². The summed E-state index contributed by atoms with van der Waals surface area (Å²) >= 11 is 1.19. The third kappa shape index (κ3) is 4.62. The minimum atomic E-state index is -0.981. The van der Waals surface area contributed by atoms with Crippen LogP contribution in [0.2, 0.25) is 0 Å². The van der Waals surface area contributed by atoms with Gasteiger partial charge < -0.3 is 14.8 Å². The lowest BCUT2D eigenvalue weighted by Crippen LogP contribution is -2.29. The molecule has 0 saturated heterocycles. The summed E-state index contributed by atoms with van der Waals surface area (Å²) in [5, 5.41) is 3.31. The molecule has 0 bridgehead atoms. The van der Waals surface area contributed by atoms with Gasteiger partial charge in [0.05, 0.1) is 6.61 Å². The average molecular weight is 387 g/mol. The molecule has 0 radical (unpaired) electrons. The van der Waals surface area contributed by atoms with Crippen LogP contribution in [0.4, 0.5) is 10.1 Å². The lowest BCUT2D eigenvalue weighted by Gasteiger charge is -2.13. The van der Waals surface area contributed by atoms with E-state index in [0.29, 0.717) is 28.3 Å². The maximum absolute atomic E-state index is 13.3. The number of anilines is 1. The summed E-state index contributed by atoms with van der Waals surface area (Å²) in [6.07, 6.45) is -0.981. The van der Waals surface area contributed by atoms with Crippen molar-refractivity contribution in [3.63, 3.8) is 0 Å². The summed E-state index contributed by atoms with van der Waals surface area (Å²) < 4.78 is 24.6. The van der Waals surface area contributed by atoms with E-state index in [1.807, 2.05) is 6.92 Å². The van der Waals surface area contributed by atoms with Crippen molar-refractivity contribution in [2.75, 3.05) is 11.9 Å². The molecule has 0 spiro atoms. The van der Waals surface area contributed by atoms with Gasteiger partial charge in [0.15, 0.2) is 6.10 Å². The van der Waals surface area contributed by atoms with Gasteiger partial charge in [-0.3, -0.25) is 4.79 Å². The van der Waals surface area contributed by atoms with Crippen LogP contribution in [0.25, 0.3) is 10.1 Å². The summed E-state index contributed by atoms with van der Waals surface area (Å²) in [4.78, 5) is 24.8. The third-order valence-electron chi connectivity index (χ3n) is 3.77. The van der Waals surface area contributed by atoms with Gasteiger partial charge in [0.2, 0.25) is 0 Å². The van der Waals surface area contributed by atoms with Gasteiger partial charge >= 0.3 is 5.97 Å². The van der Waals surface area contributed by atoms with Gasteiger partial charge in [0.25, 0.3) is 5.91 Å². The molecule has 7 heteroatoms. The van der Waals surface area contributed by atoms with Crippen LogP contribution in [0, 0.1) is 5.82 Å². The number of thiophene rings is 1. The Morgan fingerprint density at radius 3 is 2.59 bits per heavy atom. The topological polar surface area (TPSA) is 64.6 Å². The van der Waals surface area contributed by atoms with E-state index in [1.165, 1.54) is 30.4 Å². The van der Waals surface area contributed by atoms with E-state index < -0.39 is 18.0 Å². The molecular weight excluding hydrogens is 369 g/mol. The molecule has 1 N–H and O–H groups in total. The van der Waals surface area contributed by atoms with Crippen LogP contribution in [0.3, 0.4) is 0 Å². The predicted molar refractivity (Wildman–Crippen MR) is 103 cm³/mol. The maximum atomic E-state index is 13.3. The zero-order chi connectivity index (χ0) is 19.4. The number of rotatable bonds is 6. The van der Waals surface area contributed by atoms with Crippen LogP contribution < -0.4 is 10.1 Å². The fourth-order valence-electron chi connectivity index (χ4n) is 2.43. The minimum absolute atomic E-state index is 0.316. The van der Waals surface area contributed by atoms with Gasteiger partial charge in [-0.05, 0) is 67.8 Å². The second-order valence-corrected chi connectivity index (χ2v) is 6.87. The molecule has 5 nitrogen and oxygen atoms in total. The van der Waals surface area contributed by atoms with Crippen LogP contribution in [-0.2, 0) is 9.53 Å². The monoisotopic (exact) mass is 387 g/mol. The molecule has 1 aromatic heterocycles. The molecule has 1 heterocycles. The summed E-state index contributed by atoms with van der Waals surface area (Å²) in [5.74, 6) is -0.731. The number of carbonyl (C=O) groups is 2. The second kappa shape index (κ2) is 8.18. The zero-order valence-corrected chi connectivity index (χ0v) is 15.6. The minimum Gasteiger partial charge on any atom is -0.494 e. The van der Waals surface area contributed by atoms with Crippen molar-refractivity contribution in [3.05, 3.63) is 59.2 Å². The average Bonchev–Trinajstić information content (AvgIpc) is 3.06. The van der Waals surface area contributed by atoms with E-state index in [9.17, 15) is 14.0 Å². The fraction of sp³-hybridized carbons (Fsp3) is 0.200. The Labute approximate surface area is 159 Å². The zero-order valence-electron chi connectivity index (χ0n) is 14.8. The normalized spacial score (nSPS) is 11.8. The quantitative estimate of drug-likeness (QED) is 0.627. The highest BCUT2D eigenvalue weighted by Gasteiger charge is 2.20. The highest BCUT2D eigenvalue weighted by molar-refractivity contribution is 7.20. The summed E-state index contributed by atoms with van der Waals surface area (Å²) in [6.45, 7) is 3.94. The van der Waals surface area contributed by atoms with Gasteiger partial charge in [-0.15, -0.1) is 11.3 Å². The first-order valence-corrected chi connectivity index (χ1v) is 9.21. The molecule has 0 aliphatic heterocycles. The highest BCUT2D eigenvalue weighted by Crippen LogP contribution is 2.27. The van der Waals surface area contributed by atoms with Crippen LogP contribution in [0.5, 0.6) is 5.75 Å². The van der Waals surface area contributed by atoms with E-state index in [0.717, 1.165) is 4.70 Å². The molecule has 140 valence electrons. The number of hydrogen-bond acceptors (Lipinski definition) is 5. The highest BCUT2D eigenvalue weighted by atomic mass is 32.1. The van der Waals surface area contributed by atoms with Gasteiger partial charge in [-0.2, -0.15) is 0 Å². The Morgan fingerprint density at radius 2 is 1.89 bits per heavy atom. The molecular formula is C20H18FNO4S. The van der Waals surface area contributed by atoms with Crippen LogP contribution in [0.1, 0.15) is 23.5 Å². The van der Waals surface area contributed by atoms with Crippen molar-refractivity contribution >= 4 is 39.0 Å². The number of esters is 1. The first kappa shape index (κ1) is 18.8. The number of amides is 1. The lowest BCUT2D eigenvalue weighted by molar-refractivity contribution is -0.123. The summed E-state index contributed by atoms with van der Waals surface area (Å²) in [6, 6.07) is 12.7.